The highest BCUT2D eigenvalue weighted by Gasteiger charge is 1.71. The molecule has 0 N–H and O–H groups in total. The Morgan fingerprint density at radius 3 is 2.20 bits per heavy atom. The molecule has 0 aromatic carbocycles. The third kappa shape index (κ3) is 3.96. The third-order valence-electron chi connectivity index (χ3n) is 0.154. The van der Waals surface area contributed by atoms with Crippen molar-refractivity contribution in [1.29, 1.82) is 0 Å². The van der Waals surface area contributed by atoms with Crippen LogP contribution < -0.4 is 0 Å². The number of hydrogen-bond acceptors (Lipinski definition) is 0. The first-order valence-electron chi connectivity index (χ1n) is 1.07. The number of allylic oxidation sites excluding steroid dienone is 1. The van der Waals surface area contributed by atoms with Crippen LogP contribution in [-0.2, 0) is 0 Å². The van der Waals surface area contributed by atoms with Crippen LogP contribution in [-0.4, -0.2) is 0 Å². The Kier molecular flexibility index (Phi) is 2.19. The van der Waals surface area contributed by atoms with E-state index >= 15 is 0 Å². The van der Waals surface area contributed by atoms with Gasteiger partial charge in [0.05, 0.1) is 0 Å². The van der Waals surface area contributed by atoms with Crippen LogP contribution in [0.4, 0.5) is 4.39 Å². The molecule has 0 heterocycles. The van der Waals surface area contributed by atoms with Gasteiger partial charge in [0.1, 0.15) is 0 Å². The van der Waals surface area contributed by atoms with Crippen molar-refractivity contribution in [2.45, 2.75) is 0 Å². The minimum absolute atomic E-state index is 0.759. The first-order valence-corrected chi connectivity index (χ1v) is 1.45. The molecule has 0 fully saturated rings. The quantitative estimate of drug-likeness (QED) is 0.429. The molecule has 0 aliphatic carbocycles. The van der Waals surface area contributed by atoms with Crippen molar-refractivity contribution in [3.05, 3.63) is 18.3 Å². The Labute approximate surface area is 35.2 Å². The summed E-state index contributed by atoms with van der Waals surface area (Å²) in [5, 5.41) is -0.759. The van der Waals surface area contributed by atoms with Gasteiger partial charge >= 0.3 is 0 Å². The number of hydrogen-bond donors (Lipinski definition) is 0. The summed E-state index contributed by atoms with van der Waals surface area (Å²) in [4.78, 5) is 0. The molecule has 0 saturated heterocycles. The van der Waals surface area contributed by atoms with Gasteiger partial charge in [-0.05, 0) is 13.0 Å². The Hall–Kier alpha value is -0.0400. The van der Waals surface area contributed by atoms with Crippen molar-refractivity contribution in [1.82, 2.24) is 0 Å². The standard InChI is InChI=1S/C3H3ClF/c1-2-3(4)5/h2H,1H2/b3-2+. The molecule has 0 amide bonds. The molecule has 0 aliphatic rings. The van der Waals surface area contributed by atoms with E-state index in [1.165, 1.54) is 0 Å². The van der Waals surface area contributed by atoms with Crippen molar-refractivity contribution in [3.63, 3.8) is 0 Å². The molecule has 0 rings (SSSR count). The largest absolute Gasteiger partial charge is 0.194 e. The third-order valence-corrected chi connectivity index (χ3v) is 0.309. The molecular weight excluding hydrogens is 90.5 g/mol. The van der Waals surface area contributed by atoms with Gasteiger partial charge in [0.15, 0.2) is 5.29 Å². The fourth-order valence-corrected chi connectivity index (χ4v) is 0. The van der Waals surface area contributed by atoms with Crippen LogP contribution >= 0.6 is 11.6 Å². The van der Waals surface area contributed by atoms with Gasteiger partial charge < -0.3 is 0 Å². The minimum atomic E-state index is -0.759. The predicted octanol–water partition coefficient (Wildman–Crippen LogP) is 1.87. The van der Waals surface area contributed by atoms with Crippen LogP contribution in [0.5, 0.6) is 0 Å². The first kappa shape index (κ1) is 4.96. The zero-order valence-electron chi connectivity index (χ0n) is 2.54. The zero-order valence-corrected chi connectivity index (χ0v) is 3.30. The van der Waals surface area contributed by atoms with Gasteiger partial charge in [-0.2, -0.15) is 4.39 Å². The van der Waals surface area contributed by atoms with Crippen molar-refractivity contribution in [2.24, 2.45) is 0 Å². The molecule has 0 aromatic rings. The van der Waals surface area contributed by atoms with E-state index in [9.17, 15) is 4.39 Å². The first-order chi connectivity index (χ1) is 2.27. The normalized spacial score (nSPS) is 12.2. The molecule has 0 aromatic heterocycles. The van der Waals surface area contributed by atoms with Gasteiger partial charge in [-0.3, -0.25) is 0 Å². The van der Waals surface area contributed by atoms with Crippen LogP contribution in [0.2, 0.25) is 0 Å². The second kappa shape index (κ2) is 2.21. The molecule has 0 aliphatic heterocycles. The summed E-state index contributed by atoms with van der Waals surface area (Å²) in [6, 6.07) is 0. The number of rotatable bonds is 0. The van der Waals surface area contributed by atoms with Crippen LogP contribution in [0.3, 0.4) is 0 Å². The van der Waals surface area contributed by atoms with Gasteiger partial charge in [-0.1, -0.05) is 11.6 Å². The Balaban J connectivity index is 3.14. The maximum absolute atomic E-state index is 11.0. The molecule has 5 heavy (non-hydrogen) atoms. The lowest BCUT2D eigenvalue weighted by atomic mass is 10.8. The van der Waals surface area contributed by atoms with E-state index in [4.69, 9.17) is 0 Å². The molecule has 0 atom stereocenters. The topological polar surface area (TPSA) is 0 Å². The van der Waals surface area contributed by atoms with E-state index < -0.39 is 5.29 Å². The maximum Gasteiger partial charge on any atom is 0.185 e. The molecule has 0 nitrogen and oxygen atoms in total. The molecule has 0 unspecified atom stereocenters. The van der Waals surface area contributed by atoms with Crippen molar-refractivity contribution >= 4 is 11.6 Å². The Morgan fingerprint density at radius 2 is 2.20 bits per heavy atom. The second-order valence-electron chi connectivity index (χ2n) is 0.494. The van der Waals surface area contributed by atoms with Crippen molar-refractivity contribution in [2.75, 3.05) is 0 Å². The summed E-state index contributed by atoms with van der Waals surface area (Å²) in [5.74, 6) is 0. The summed E-state index contributed by atoms with van der Waals surface area (Å²) in [6.07, 6.45) is 0.932. The minimum Gasteiger partial charge on any atom is -0.194 e. The SMILES string of the molecule is [CH2]/C=C(/F)Cl. The fourth-order valence-electron chi connectivity index (χ4n) is 0. The van der Waals surface area contributed by atoms with Gasteiger partial charge in [0.2, 0.25) is 0 Å². The van der Waals surface area contributed by atoms with E-state index in [1.807, 2.05) is 0 Å². The highest BCUT2D eigenvalue weighted by Crippen LogP contribution is 1.97. The van der Waals surface area contributed by atoms with Gasteiger partial charge in [0.25, 0.3) is 0 Å². The molecule has 29 valence electrons. The van der Waals surface area contributed by atoms with Crippen LogP contribution in [0.15, 0.2) is 11.4 Å². The molecule has 0 bridgehead atoms. The Morgan fingerprint density at radius 1 is 2.00 bits per heavy atom. The van der Waals surface area contributed by atoms with E-state index in [1.54, 1.807) is 0 Å². The number of halogens is 2. The molecular formula is C3H3ClF. The average molecular weight is 93.5 g/mol. The monoisotopic (exact) mass is 93.0 g/mol. The predicted molar refractivity (Wildman–Crippen MR) is 20.4 cm³/mol. The van der Waals surface area contributed by atoms with Gasteiger partial charge in [0, 0.05) is 0 Å². The summed E-state index contributed by atoms with van der Waals surface area (Å²) < 4.78 is 11.0. The van der Waals surface area contributed by atoms with Gasteiger partial charge in [-0.25, -0.2) is 0 Å². The second-order valence-corrected chi connectivity index (χ2v) is 0.855. The lowest BCUT2D eigenvalue weighted by Crippen LogP contribution is -1.42. The summed E-state index contributed by atoms with van der Waals surface area (Å²) >= 11 is 4.59. The smallest absolute Gasteiger partial charge is 0.185 e. The van der Waals surface area contributed by atoms with Gasteiger partial charge in [-0.15, -0.1) is 0 Å². The summed E-state index contributed by atoms with van der Waals surface area (Å²) in [7, 11) is 0. The lowest BCUT2D eigenvalue weighted by Gasteiger charge is -1.64. The molecule has 0 saturated carbocycles. The molecule has 1 radical (unpaired) electrons. The highest BCUT2D eigenvalue weighted by molar-refractivity contribution is 6.28. The van der Waals surface area contributed by atoms with Crippen molar-refractivity contribution in [3.8, 4) is 0 Å². The van der Waals surface area contributed by atoms with E-state index in [2.05, 4.69) is 18.5 Å². The highest BCUT2D eigenvalue weighted by atomic mass is 35.5. The average Bonchev–Trinajstić information content (AvgIpc) is 1.38. The molecule has 0 spiro atoms. The van der Waals surface area contributed by atoms with E-state index in [-0.39, 0.29) is 0 Å². The van der Waals surface area contributed by atoms with Crippen LogP contribution in [0.1, 0.15) is 0 Å². The lowest BCUT2D eigenvalue weighted by molar-refractivity contribution is 0.695. The maximum atomic E-state index is 11.0. The van der Waals surface area contributed by atoms with E-state index in [0.717, 1.165) is 6.08 Å². The van der Waals surface area contributed by atoms with E-state index in [0.29, 0.717) is 0 Å². The molecule has 2 heteroatoms. The van der Waals surface area contributed by atoms with Crippen molar-refractivity contribution < 1.29 is 4.39 Å². The summed E-state index contributed by atoms with van der Waals surface area (Å²) in [6.45, 7) is 3.02. The van der Waals surface area contributed by atoms with Crippen LogP contribution in [0, 0.1) is 6.92 Å². The fraction of sp³-hybridized carbons (Fsp3) is 0. The zero-order chi connectivity index (χ0) is 4.28. The Bertz CT molecular complexity index is 44.9. The van der Waals surface area contributed by atoms with Crippen LogP contribution in [0.25, 0.3) is 0 Å². The summed E-state index contributed by atoms with van der Waals surface area (Å²) in [5.41, 5.74) is 0.